The summed E-state index contributed by atoms with van der Waals surface area (Å²) in [6.45, 7) is 2.92. The van der Waals surface area contributed by atoms with E-state index in [4.69, 9.17) is 4.74 Å². The Labute approximate surface area is 232 Å². The lowest BCUT2D eigenvalue weighted by Gasteiger charge is -2.29. The fourth-order valence-corrected chi connectivity index (χ4v) is 5.85. The van der Waals surface area contributed by atoms with Crippen molar-refractivity contribution >= 4 is 44.2 Å². The molecule has 1 aromatic heterocycles. The summed E-state index contributed by atoms with van der Waals surface area (Å²) in [6, 6.07) is 19.3. The summed E-state index contributed by atoms with van der Waals surface area (Å²) in [4.78, 5) is 30.6. The smallest absolute Gasteiger partial charge is 0.337 e. The van der Waals surface area contributed by atoms with Gasteiger partial charge in [0.15, 0.2) is 0 Å². The number of amides is 1. The third-order valence-corrected chi connectivity index (χ3v) is 8.30. The minimum absolute atomic E-state index is 0.0771. The number of fused-ring (bicyclic) bond motifs is 1. The molecule has 1 aliphatic heterocycles. The Morgan fingerprint density at radius 2 is 1.70 bits per heavy atom. The van der Waals surface area contributed by atoms with Gasteiger partial charge in [0, 0.05) is 41.6 Å². The standard InChI is InChI=1S/C29H30N4O6S/c1-38-29(35)20-6-12-24(13-7-20)40(36,37)32-27(18-21-19-30-26-5-3-2-4-25(21)26)28(34)31-22-8-10-23(11-9-22)33-14-16-39-17-15-33/h2-13,19,27,30,32H,14-18H2,1H3,(H,31,34)/t27-/m0/s1. The average molecular weight is 563 g/mol. The molecular formula is C29H30N4O6S. The van der Waals surface area contributed by atoms with Gasteiger partial charge in [0.2, 0.25) is 15.9 Å². The fourth-order valence-electron chi connectivity index (χ4n) is 4.66. The molecule has 3 aromatic carbocycles. The number of carbonyl (C=O) groups is 2. The molecule has 5 rings (SSSR count). The van der Waals surface area contributed by atoms with Gasteiger partial charge in [-0.15, -0.1) is 0 Å². The van der Waals surface area contributed by atoms with Gasteiger partial charge in [0.25, 0.3) is 0 Å². The van der Waals surface area contributed by atoms with E-state index in [2.05, 4.69) is 24.7 Å². The number of aromatic amines is 1. The monoisotopic (exact) mass is 562 g/mol. The van der Waals surface area contributed by atoms with Crippen LogP contribution in [0.5, 0.6) is 0 Å². The normalized spacial score (nSPS) is 14.6. The zero-order chi connectivity index (χ0) is 28.1. The number of nitrogens with zero attached hydrogens (tertiary/aromatic N) is 1. The molecule has 1 saturated heterocycles. The van der Waals surface area contributed by atoms with Crippen LogP contribution in [0, 0.1) is 0 Å². The van der Waals surface area contributed by atoms with Crippen LogP contribution in [0.4, 0.5) is 11.4 Å². The van der Waals surface area contributed by atoms with Crippen molar-refractivity contribution < 1.29 is 27.5 Å². The van der Waals surface area contributed by atoms with Gasteiger partial charge in [-0.2, -0.15) is 4.72 Å². The second-order valence-electron chi connectivity index (χ2n) is 9.39. The van der Waals surface area contributed by atoms with E-state index in [1.165, 1.54) is 31.4 Å². The molecule has 0 unspecified atom stereocenters. The van der Waals surface area contributed by atoms with Crippen molar-refractivity contribution in [2.75, 3.05) is 43.6 Å². The van der Waals surface area contributed by atoms with Crippen molar-refractivity contribution in [2.45, 2.75) is 17.4 Å². The summed E-state index contributed by atoms with van der Waals surface area (Å²) >= 11 is 0. The Morgan fingerprint density at radius 3 is 2.40 bits per heavy atom. The summed E-state index contributed by atoms with van der Waals surface area (Å²) in [6.07, 6.45) is 1.89. The topological polar surface area (TPSA) is 130 Å². The number of hydrogen-bond acceptors (Lipinski definition) is 7. The quantitative estimate of drug-likeness (QED) is 0.267. The maximum atomic E-state index is 13.5. The highest BCUT2D eigenvalue weighted by Crippen LogP contribution is 2.22. The Balaban J connectivity index is 1.38. The number of H-pyrrole nitrogens is 1. The lowest BCUT2D eigenvalue weighted by atomic mass is 10.0. The molecule has 1 amide bonds. The van der Waals surface area contributed by atoms with Crippen LogP contribution in [-0.2, 0) is 30.7 Å². The van der Waals surface area contributed by atoms with Crippen LogP contribution in [0.25, 0.3) is 10.9 Å². The number of sulfonamides is 1. The molecule has 0 bridgehead atoms. The van der Waals surface area contributed by atoms with Gasteiger partial charge < -0.3 is 24.7 Å². The summed E-state index contributed by atoms with van der Waals surface area (Å²) in [7, 11) is -2.87. The SMILES string of the molecule is COC(=O)c1ccc(S(=O)(=O)N[C@@H](Cc2c[nH]c3ccccc23)C(=O)Nc2ccc(N3CCOCC3)cc2)cc1. The van der Waals surface area contributed by atoms with E-state index in [1.807, 2.05) is 36.4 Å². The van der Waals surface area contributed by atoms with E-state index < -0.39 is 27.9 Å². The zero-order valence-electron chi connectivity index (χ0n) is 21.9. The highest BCUT2D eigenvalue weighted by molar-refractivity contribution is 7.89. The summed E-state index contributed by atoms with van der Waals surface area (Å²) < 4.78 is 39.3. The van der Waals surface area contributed by atoms with Crippen molar-refractivity contribution in [3.63, 3.8) is 0 Å². The van der Waals surface area contributed by atoms with Crippen LogP contribution in [-0.4, -0.2) is 64.7 Å². The number of aromatic nitrogens is 1. The first-order valence-electron chi connectivity index (χ1n) is 12.8. The van der Waals surface area contributed by atoms with Crippen LogP contribution in [0.15, 0.2) is 83.9 Å². The molecule has 10 nitrogen and oxygen atoms in total. The number of methoxy groups -OCH3 is 1. The van der Waals surface area contributed by atoms with Gasteiger partial charge in [-0.25, -0.2) is 13.2 Å². The van der Waals surface area contributed by atoms with Crippen LogP contribution in [0.1, 0.15) is 15.9 Å². The maximum absolute atomic E-state index is 13.5. The predicted molar refractivity (Wildman–Crippen MR) is 152 cm³/mol. The summed E-state index contributed by atoms with van der Waals surface area (Å²) in [5, 5.41) is 3.76. The second-order valence-corrected chi connectivity index (χ2v) is 11.1. The number of ether oxygens (including phenoxy) is 2. The number of carbonyl (C=O) groups excluding carboxylic acids is 2. The second kappa shape index (κ2) is 11.9. The minimum atomic E-state index is -4.12. The molecule has 1 atom stereocenters. The van der Waals surface area contributed by atoms with Gasteiger partial charge in [0.05, 0.1) is 30.8 Å². The number of benzene rings is 3. The van der Waals surface area contributed by atoms with Crippen LogP contribution in [0.2, 0.25) is 0 Å². The first kappa shape index (κ1) is 27.4. The molecule has 11 heteroatoms. The first-order valence-corrected chi connectivity index (χ1v) is 14.3. The highest BCUT2D eigenvalue weighted by Gasteiger charge is 2.27. The lowest BCUT2D eigenvalue weighted by molar-refractivity contribution is -0.117. The third-order valence-electron chi connectivity index (χ3n) is 6.81. The molecule has 208 valence electrons. The number of nitrogens with one attached hydrogen (secondary N) is 3. The zero-order valence-corrected chi connectivity index (χ0v) is 22.7. The Bertz CT molecular complexity index is 1590. The van der Waals surface area contributed by atoms with Crippen molar-refractivity contribution in [2.24, 2.45) is 0 Å². The largest absolute Gasteiger partial charge is 0.465 e. The van der Waals surface area contributed by atoms with E-state index in [1.54, 1.807) is 18.3 Å². The lowest BCUT2D eigenvalue weighted by Crippen LogP contribution is -2.45. The molecule has 3 N–H and O–H groups in total. The molecule has 40 heavy (non-hydrogen) atoms. The van der Waals surface area contributed by atoms with E-state index in [0.717, 1.165) is 35.2 Å². The van der Waals surface area contributed by atoms with Gasteiger partial charge in [-0.05, 0) is 66.6 Å². The van der Waals surface area contributed by atoms with Gasteiger partial charge >= 0.3 is 5.97 Å². The van der Waals surface area contributed by atoms with E-state index in [9.17, 15) is 18.0 Å². The van der Waals surface area contributed by atoms with Crippen molar-refractivity contribution in [1.82, 2.24) is 9.71 Å². The predicted octanol–water partition coefficient (Wildman–Crippen LogP) is 3.32. The Hall–Kier alpha value is -4.19. The molecule has 4 aromatic rings. The third kappa shape index (κ3) is 6.17. The number of morpholine rings is 1. The molecule has 0 saturated carbocycles. The molecular weight excluding hydrogens is 532 g/mol. The first-order chi connectivity index (χ1) is 19.3. The molecule has 0 radical (unpaired) electrons. The molecule has 0 aliphatic carbocycles. The maximum Gasteiger partial charge on any atom is 0.337 e. The van der Waals surface area contributed by atoms with Gasteiger partial charge in [-0.3, -0.25) is 4.79 Å². The fraction of sp³-hybridized carbons (Fsp3) is 0.241. The highest BCUT2D eigenvalue weighted by atomic mass is 32.2. The Kier molecular flexibility index (Phi) is 8.15. The van der Waals surface area contributed by atoms with Gasteiger partial charge in [0.1, 0.15) is 6.04 Å². The summed E-state index contributed by atoms with van der Waals surface area (Å²) in [5.41, 5.74) is 3.47. The molecule has 1 aliphatic rings. The van der Waals surface area contributed by atoms with E-state index >= 15 is 0 Å². The average Bonchev–Trinajstić information content (AvgIpc) is 3.40. The number of rotatable bonds is 9. The number of anilines is 2. The number of hydrogen-bond donors (Lipinski definition) is 3. The van der Waals surface area contributed by atoms with Crippen LogP contribution < -0.4 is 14.9 Å². The number of para-hydroxylation sites is 1. The van der Waals surface area contributed by atoms with E-state index in [0.29, 0.717) is 18.9 Å². The van der Waals surface area contributed by atoms with Crippen molar-refractivity contribution in [1.29, 1.82) is 0 Å². The van der Waals surface area contributed by atoms with Crippen molar-refractivity contribution in [3.05, 3.63) is 90.1 Å². The van der Waals surface area contributed by atoms with Crippen LogP contribution >= 0.6 is 0 Å². The molecule has 1 fully saturated rings. The molecule has 0 spiro atoms. The number of esters is 1. The Morgan fingerprint density at radius 1 is 1.00 bits per heavy atom. The minimum Gasteiger partial charge on any atom is -0.465 e. The van der Waals surface area contributed by atoms with Crippen molar-refractivity contribution in [3.8, 4) is 0 Å². The van der Waals surface area contributed by atoms with Gasteiger partial charge in [-0.1, -0.05) is 18.2 Å². The summed E-state index contributed by atoms with van der Waals surface area (Å²) in [5.74, 6) is -1.08. The molecule has 2 heterocycles. The van der Waals surface area contributed by atoms with E-state index in [-0.39, 0.29) is 16.9 Å². The van der Waals surface area contributed by atoms with Crippen LogP contribution in [0.3, 0.4) is 0 Å².